The molecule has 27 heavy (non-hydrogen) atoms. The third kappa shape index (κ3) is 4.19. The highest BCUT2D eigenvalue weighted by molar-refractivity contribution is 7.13. The molecule has 0 bridgehead atoms. The van der Waals surface area contributed by atoms with E-state index in [4.69, 9.17) is 0 Å². The van der Waals surface area contributed by atoms with Crippen LogP contribution in [0, 0.1) is 11.8 Å². The van der Waals surface area contributed by atoms with Crippen LogP contribution in [0.2, 0.25) is 0 Å². The molecule has 2 saturated heterocycles. The lowest BCUT2D eigenvalue weighted by atomic mass is 10.0. The van der Waals surface area contributed by atoms with E-state index in [1.165, 1.54) is 24.2 Å². The number of aromatic amines is 1. The van der Waals surface area contributed by atoms with Gasteiger partial charge in [-0.15, -0.1) is 11.3 Å². The molecule has 2 N–H and O–H groups in total. The van der Waals surface area contributed by atoms with Crippen molar-refractivity contribution in [1.82, 2.24) is 20.1 Å². The topological polar surface area (TPSA) is 94.2 Å². The molecule has 2 atom stereocenters. The first-order chi connectivity index (χ1) is 13.1. The fraction of sp³-hybridized carbons (Fsp3) is 0.556. The van der Waals surface area contributed by atoms with Crippen LogP contribution in [0.25, 0.3) is 0 Å². The summed E-state index contributed by atoms with van der Waals surface area (Å²) in [5, 5.41) is 12.1. The Hall–Kier alpha value is -2.26. The zero-order chi connectivity index (χ0) is 18.8. The Bertz CT molecular complexity index is 805. The van der Waals surface area contributed by atoms with Crippen molar-refractivity contribution in [3.63, 3.8) is 0 Å². The molecule has 4 rings (SSSR count). The van der Waals surface area contributed by atoms with Crippen LogP contribution in [-0.2, 0) is 16.1 Å². The Morgan fingerprint density at radius 2 is 2.33 bits per heavy atom. The van der Waals surface area contributed by atoms with E-state index >= 15 is 0 Å². The number of hydrogen-bond donors (Lipinski definition) is 2. The van der Waals surface area contributed by atoms with Crippen LogP contribution in [0.15, 0.2) is 17.8 Å². The van der Waals surface area contributed by atoms with E-state index in [-0.39, 0.29) is 24.2 Å². The predicted octanol–water partition coefficient (Wildman–Crippen LogP) is 2.09. The number of aromatic nitrogens is 3. The van der Waals surface area contributed by atoms with Crippen molar-refractivity contribution < 1.29 is 9.59 Å². The fourth-order valence-electron chi connectivity index (χ4n) is 3.83. The van der Waals surface area contributed by atoms with E-state index in [2.05, 4.69) is 32.3 Å². The van der Waals surface area contributed by atoms with Crippen molar-refractivity contribution >= 4 is 34.0 Å². The summed E-state index contributed by atoms with van der Waals surface area (Å²) >= 11 is 1.44. The Balaban J connectivity index is 1.32. The molecule has 2 aliphatic heterocycles. The number of rotatable bonds is 5. The SMILES string of the molecule is C[C@H]1CCCN(Cc2csc(NC(=O)[C@H]3CC(=O)N(c4cn[nH]c4)C3)n2)C1. The second-order valence-electron chi connectivity index (χ2n) is 7.48. The van der Waals surface area contributed by atoms with Gasteiger partial charge >= 0.3 is 0 Å². The number of nitrogens with zero attached hydrogens (tertiary/aromatic N) is 4. The average molecular weight is 388 g/mol. The van der Waals surface area contributed by atoms with Crippen LogP contribution in [0.4, 0.5) is 10.8 Å². The minimum atomic E-state index is -0.373. The summed E-state index contributed by atoms with van der Waals surface area (Å²) in [7, 11) is 0. The van der Waals surface area contributed by atoms with Crippen LogP contribution in [0.3, 0.4) is 0 Å². The van der Waals surface area contributed by atoms with Crippen LogP contribution < -0.4 is 10.2 Å². The number of thiazole rings is 1. The molecule has 0 aromatic carbocycles. The van der Waals surface area contributed by atoms with Gasteiger partial charge in [0, 0.05) is 37.6 Å². The molecular weight excluding hydrogens is 364 g/mol. The number of carbonyl (C=O) groups is 2. The van der Waals surface area contributed by atoms with Gasteiger partial charge in [0.25, 0.3) is 0 Å². The van der Waals surface area contributed by atoms with Crippen molar-refractivity contribution in [3.05, 3.63) is 23.5 Å². The summed E-state index contributed by atoms with van der Waals surface area (Å²) < 4.78 is 0. The van der Waals surface area contributed by atoms with Crippen LogP contribution in [0.5, 0.6) is 0 Å². The van der Waals surface area contributed by atoms with Gasteiger partial charge in [0.1, 0.15) is 0 Å². The van der Waals surface area contributed by atoms with E-state index in [0.29, 0.717) is 17.4 Å². The normalized spacial score (nSPS) is 23.7. The van der Waals surface area contributed by atoms with Gasteiger partial charge in [-0.3, -0.25) is 19.6 Å². The van der Waals surface area contributed by atoms with E-state index in [9.17, 15) is 9.59 Å². The van der Waals surface area contributed by atoms with Crippen LogP contribution in [-0.4, -0.2) is 51.5 Å². The number of H-pyrrole nitrogens is 1. The van der Waals surface area contributed by atoms with Gasteiger partial charge in [-0.25, -0.2) is 4.98 Å². The van der Waals surface area contributed by atoms with Gasteiger partial charge in [0.15, 0.2) is 5.13 Å². The largest absolute Gasteiger partial charge is 0.309 e. The summed E-state index contributed by atoms with van der Waals surface area (Å²) in [6.07, 6.45) is 5.99. The Labute approximate surface area is 162 Å². The summed E-state index contributed by atoms with van der Waals surface area (Å²) in [6, 6.07) is 0. The van der Waals surface area contributed by atoms with Gasteiger partial charge in [-0.2, -0.15) is 5.10 Å². The summed E-state index contributed by atoms with van der Waals surface area (Å²) in [4.78, 5) is 33.3. The number of amides is 2. The molecule has 4 heterocycles. The number of nitrogens with one attached hydrogen (secondary N) is 2. The molecule has 0 aliphatic carbocycles. The summed E-state index contributed by atoms with van der Waals surface area (Å²) in [6.45, 7) is 5.69. The fourth-order valence-corrected chi connectivity index (χ4v) is 4.53. The number of likely N-dealkylation sites (tertiary alicyclic amines) is 1. The predicted molar refractivity (Wildman–Crippen MR) is 103 cm³/mol. The van der Waals surface area contributed by atoms with E-state index < -0.39 is 0 Å². The molecule has 0 saturated carbocycles. The molecule has 2 aromatic heterocycles. The Morgan fingerprint density at radius 3 is 3.11 bits per heavy atom. The molecule has 2 amide bonds. The number of hydrogen-bond acceptors (Lipinski definition) is 6. The molecule has 2 fully saturated rings. The first-order valence-corrected chi connectivity index (χ1v) is 10.2. The van der Waals surface area contributed by atoms with Crippen LogP contribution >= 0.6 is 11.3 Å². The van der Waals surface area contributed by atoms with Crippen molar-refractivity contribution in [2.45, 2.75) is 32.7 Å². The maximum Gasteiger partial charge on any atom is 0.231 e. The zero-order valence-electron chi connectivity index (χ0n) is 15.4. The number of piperidine rings is 1. The quantitative estimate of drug-likeness (QED) is 0.818. The monoisotopic (exact) mass is 388 g/mol. The number of carbonyl (C=O) groups excluding carboxylic acids is 2. The minimum Gasteiger partial charge on any atom is -0.309 e. The van der Waals surface area contributed by atoms with E-state index in [0.717, 1.165) is 31.2 Å². The second-order valence-corrected chi connectivity index (χ2v) is 8.34. The Morgan fingerprint density at radius 1 is 1.44 bits per heavy atom. The first-order valence-electron chi connectivity index (χ1n) is 9.35. The molecule has 0 spiro atoms. The van der Waals surface area contributed by atoms with Gasteiger partial charge < -0.3 is 10.2 Å². The second kappa shape index (κ2) is 7.77. The van der Waals surface area contributed by atoms with Gasteiger partial charge in [0.05, 0.1) is 23.5 Å². The summed E-state index contributed by atoms with van der Waals surface area (Å²) in [5.74, 6) is 0.148. The highest BCUT2D eigenvalue weighted by atomic mass is 32.1. The van der Waals surface area contributed by atoms with Crippen molar-refractivity contribution in [2.24, 2.45) is 11.8 Å². The smallest absolute Gasteiger partial charge is 0.231 e. The third-order valence-corrected chi connectivity index (χ3v) is 6.01. The van der Waals surface area contributed by atoms with Crippen molar-refractivity contribution in [3.8, 4) is 0 Å². The first kappa shape index (κ1) is 18.1. The van der Waals surface area contributed by atoms with E-state index in [1.807, 2.05) is 5.38 Å². The molecule has 144 valence electrons. The standard InChI is InChI=1S/C18H24N6O2S/c1-12-3-2-4-23(8-12)10-14-11-27-18(21-14)22-17(26)13-5-16(25)24(9-13)15-6-19-20-7-15/h6-7,11-13H,2-5,8-10H2,1H3,(H,19,20)(H,21,22,26)/t12-,13-/m0/s1. The third-order valence-electron chi connectivity index (χ3n) is 5.20. The minimum absolute atomic E-state index is 0.0596. The maximum atomic E-state index is 12.6. The van der Waals surface area contributed by atoms with Crippen LogP contribution in [0.1, 0.15) is 31.9 Å². The molecule has 0 unspecified atom stereocenters. The van der Waals surface area contributed by atoms with Crippen molar-refractivity contribution in [1.29, 1.82) is 0 Å². The molecule has 2 aliphatic rings. The molecule has 0 radical (unpaired) electrons. The van der Waals surface area contributed by atoms with Gasteiger partial charge in [-0.1, -0.05) is 6.92 Å². The molecule has 9 heteroatoms. The molecule has 8 nitrogen and oxygen atoms in total. The highest BCUT2D eigenvalue weighted by Gasteiger charge is 2.35. The van der Waals surface area contributed by atoms with Gasteiger partial charge in [0.2, 0.25) is 11.8 Å². The lowest BCUT2D eigenvalue weighted by molar-refractivity contribution is -0.122. The lowest BCUT2D eigenvalue weighted by Crippen LogP contribution is -2.33. The molecular formula is C18H24N6O2S. The lowest BCUT2D eigenvalue weighted by Gasteiger charge is -2.30. The average Bonchev–Trinajstić information content (AvgIpc) is 3.36. The molecule has 2 aromatic rings. The van der Waals surface area contributed by atoms with E-state index in [1.54, 1.807) is 17.3 Å². The number of anilines is 2. The Kier molecular flexibility index (Phi) is 5.22. The zero-order valence-corrected chi connectivity index (χ0v) is 16.2. The maximum absolute atomic E-state index is 12.6. The summed E-state index contributed by atoms with van der Waals surface area (Å²) in [5.41, 5.74) is 1.69. The van der Waals surface area contributed by atoms with Gasteiger partial charge in [-0.05, 0) is 25.3 Å². The van der Waals surface area contributed by atoms with Crippen molar-refractivity contribution in [2.75, 3.05) is 29.9 Å². The highest BCUT2D eigenvalue weighted by Crippen LogP contribution is 2.26.